The van der Waals surface area contributed by atoms with Crippen molar-refractivity contribution in [3.8, 4) is 32.8 Å². The van der Waals surface area contributed by atoms with Crippen LogP contribution in [-0.2, 0) is 11.3 Å². The monoisotopic (exact) mass is 419 g/mol. The zero-order valence-electron chi connectivity index (χ0n) is 17.4. The van der Waals surface area contributed by atoms with E-state index in [2.05, 4.69) is 34.7 Å². The van der Waals surface area contributed by atoms with E-state index in [1.54, 1.807) is 11.3 Å². The molecule has 2 aromatic carbocycles. The molecule has 0 amide bonds. The summed E-state index contributed by atoms with van der Waals surface area (Å²) in [5.74, 6) is 0.613. The molecule has 3 aromatic rings. The topological polar surface area (TPSA) is 67.2 Å². The molecule has 0 saturated carbocycles. The van der Waals surface area contributed by atoms with Gasteiger partial charge >= 0.3 is 0 Å². The Labute approximate surface area is 181 Å². The van der Waals surface area contributed by atoms with Crippen LogP contribution in [0.1, 0.15) is 49.9 Å². The van der Waals surface area contributed by atoms with Crippen LogP contribution in [0, 0.1) is 11.3 Å². The van der Waals surface area contributed by atoms with Crippen molar-refractivity contribution in [3.05, 3.63) is 59.3 Å². The Kier molecular flexibility index (Phi) is 6.14. The number of ether oxygens (including phenoxy) is 1. The van der Waals surface area contributed by atoms with Gasteiger partial charge in [-0.05, 0) is 68.5 Å². The summed E-state index contributed by atoms with van der Waals surface area (Å²) in [6, 6.07) is 14.6. The van der Waals surface area contributed by atoms with E-state index in [0.717, 1.165) is 28.3 Å². The predicted octanol–water partition coefficient (Wildman–Crippen LogP) is 5.66. The molecule has 1 N–H and O–H groups in total. The largest absolute Gasteiger partial charge is 0.490 e. The number of aromatic nitrogens is 1. The summed E-state index contributed by atoms with van der Waals surface area (Å²) >= 11 is 1.65. The number of benzene rings is 2. The fourth-order valence-electron chi connectivity index (χ4n) is 3.83. The highest BCUT2D eigenvalue weighted by Gasteiger charge is 2.25. The summed E-state index contributed by atoms with van der Waals surface area (Å²) in [5, 5.41) is 10.4. The van der Waals surface area contributed by atoms with Gasteiger partial charge in [-0.3, -0.25) is 0 Å². The van der Waals surface area contributed by atoms with Gasteiger partial charge in [0.1, 0.15) is 16.8 Å². The highest BCUT2D eigenvalue weighted by molar-refractivity contribution is 7.18. The zero-order chi connectivity index (χ0) is 21.1. The Hall–Kier alpha value is -2.72. The zero-order valence-corrected chi connectivity index (χ0v) is 18.3. The van der Waals surface area contributed by atoms with Crippen LogP contribution in [0.3, 0.4) is 0 Å². The molecule has 1 heterocycles. The van der Waals surface area contributed by atoms with E-state index in [4.69, 9.17) is 9.57 Å². The molecule has 0 saturated heterocycles. The Morgan fingerprint density at radius 1 is 1.30 bits per heavy atom. The van der Waals surface area contributed by atoms with Crippen molar-refractivity contribution < 1.29 is 9.57 Å². The molecule has 1 aliphatic carbocycles. The summed E-state index contributed by atoms with van der Waals surface area (Å²) in [6.45, 7) is 6.54. The first-order valence-corrected chi connectivity index (χ1v) is 11.1. The second-order valence-corrected chi connectivity index (χ2v) is 8.57. The van der Waals surface area contributed by atoms with Crippen LogP contribution in [-0.4, -0.2) is 17.7 Å². The highest BCUT2D eigenvalue weighted by atomic mass is 32.1. The van der Waals surface area contributed by atoms with Crippen LogP contribution in [0.25, 0.3) is 21.0 Å². The van der Waals surface area contributed by atoms with Crippen molar-refractivity contribution in [2.45, 2.75) is 45.8 Å². The third kappa shape index (κ3) is 4.10. The molecule has 6 heteroatoms. The van der Waals surface area contributed by atoms with Crippen LogP contribution < -0.4 is 10.2 Å². The van der Waals surface area contributed by atoms with Crippen molar-refractivity contribution in [1.82, 2.24) is 10.5 Å². The molecule has 1 atom stereocenters. The van der Waals surface area contributed by atoms with Crippen LogP contribution in [0.15, 0.2) is 42.6 Å². The minimum atomic E-state index is 0.0237. The minimum Gasteiger partial charge on any atom is -0.490 e. The molecule has 0 spiro atoms. The number of fused-ring (bicyclic) bond motifs is 1. The first-order valence-electron chi connectivity index (χ1n) is 10.3. The maximum absolute atomic E-state index is 9.51. The molecule has 30 heavy (non-hydrogen) atoms. The Morgan fingerprint density at radius 2 is 2.17 bits per heavy atom. The number of hydroxylamine groups is 1. The smallest absolute Gasteiger partial charge is 0.137 e. The van der Waals surface area contributed by atoms with Crippen LogP contribution in [0.5, 0.6) is 5.75 Å². The lowest BCUT2D eigenvalue weighted by Crippen LogP contribution is -2.19. The van der Waals surface area contributed by atoms with E-state index in [0.29, 0.717) is 17.9 Å². The van der Waals surface area contributed by atoms with E-state index in [1.807, 2.05) is 45.2 Å². The van der Waals surface area contributed by atoms with Gasteiger partial charge in [0.25, 0.3) is 0 Å². The van der Waals surface area contributed by atoms with Crippen LogP contribution in [0.2, 0.25) is 0 Å². The van der Waals surface area contributed by atoms with Gasteiger partial charge in [-0.25, -0.2) is 4.98 Å². The van der Waals surface area contributed by atoms with Gasteiger partial charge in [0.05, 0.1) is 29.2 Å². The third-order valence-corrected chi connectivity index (χ3v) is 6.20. The second-order valence-electron chi connectivity index (χ2n) is 7.53. The summed E-state index contributed by atoms with van der Waals surface area (Å²) in [5.41, 5.74) is 8.54. The molecular formula is C24H25N3O2S. The lowest BCUT2D eigenvalue weighted by atomic mass is 10.0. The van der Waals surface area contributed by atoms with Gasteiger partial charge in [-0.1, -0.05) is 18.2 Å². The number of hydrogen-bond acceptors (Lipinski definition) is 6. The molecule has 1 unspecified atom stereocenters. The molecule has 0 fully saturated rings. The Balaban J connectivity index is 1.63. The average molecular weight is 420 g/mol. The van der Waals surface area contributed by atoms with Gasteiger partial charge < -0.3 is 9.57 Å². The number of rotatable bonds is 7. The van der Waals surface area contributed by atoms with Gasteiger partial charge in [0.2, 0.25) is 0 Å². The number of thiazole rings is 1. The maximum atomic E-state index is 9.51. The molecule has 0 radical (unpaired) electrons. The van der Waals surface area contributed by atoms with Crippen LogP contribution in [0.4, 0.5) is 0 Å². The fraction of sp³-hybridized carbons (Fsp3) is 0.333. The predicted molar refractivity (Wildman–Crippen MR) is 119 cm³/mol. The molecule has 5 nitrogen and oxygen atoms in total. The molecule has 1 aliphatic rings. The van der Waals surface area contributed by atoms with Gasteiger partial charge in [0.15, 0.2) is 0 Å². The van der Waals surface area contributed by atoms with E-state index in [9.17, 15) is 5.26 Å². The normalized spacial score (nSPS) is 15.2. The van der Waals surface area contributed by atoms with E-state index in [-0.39, 0.29) is 12.1 Å². The number of nitrogens with one attached hydrogen (secondary N) is 1. The third-order valence-electron chi connectivity index (χ3n) is 5.12. The first kappa shape index (κ1) is 20.5. The average Bonchev–Trinajstić information content (AvgIpc) is 3.39. The molecule has 154 valence electrons. The van der Waals surface area contributed by atoms with Gasteiger partial charge in [-0.2, -0.15) is 10.7 Å². The molecule has 1 aromatic heterocycles. The van der Waals surface area contributed by atoms with E-state index >= 15 is 0 Å². The second kappa shape index (κ2) is 8.97. The summed E-state index contributed by atoms with van der Waals surface area (Å²) in [7, 11) is 0. The lowest BCUT2D eigenvalue weighted by Gasteiger charge is -2.13. The number of nitrogens with zero attached hydrogens (tertiary/aromatic N) is 2. The van der Waals surface area contributed by atoms with Crippen molar-refractivity contribution >= 4 is 11.3 Å². The lowest BCUT2D eigenvalue weighted by molar-refractivity contribution is 0.0244. The molecule has 0 bridgehead atoms. The SMILES string of the molecule is CCONC1CCc2c(-c3cnc(-c4ccc(OC(C)C)c(C#N)c4)s3)cccc21. The van der Waals surface area contributed by atoms with Crippen LogP contribution >= 0.6 is 11.3 Å². The summed E-state index contributed by atoms with van der Waals surface area (Å²) < 4.78 is 5.73. The summed E-state index contributed by atoms with van der Waals surface area (Å²) in [6.07, 6.45) is 4.00. The van der Waals surface area contributed by atoms with Crippen molar-refractivity contribution in [2.24, 2.45) is 0 Å². The maximum Gasteiger partial charge on any atom is 0.137 e. The van der Waals surface area contributed by atoms with E-state index in [1.165, 1.54) is 16.7 Å². The quantitative estimate of drug-likeness (QED) is 0.500. The van der Waals surface area contributed by atoms with Crippen molar-refractivity contribution in [3.63, 3.8) is 0 Å². The van der Waals surface area contributed by atoms with Crippen molar-refractivity contribution in [1.29, 1.82) is 5.26 Å². The van der Waals surface area contributed by atoms with Gasteiger partial charge in [0, 0.05) is 11.8 Å². The first-order chi connectivity index (χ1) is 14.6. The van der Waals surface area contributed by atoms with E-state index < -0.39 is 0 Å². The number of hydrogen-bond donors (Lipinski definition) is 1. The minimum absolute atomic E-state index is 0.0237. The summed E-state index contributed by atoms with van der Waals surface area (Å²) in [4.78, 5) is 11.2. The fourth-order valence-corrected chi connectivity index (χ4v) is 4.80. The Morgan fingerprint density at radius 3 is 2.93 bits per heavy atom. The highest BCUT2D eigenvalue weighted by Crippen LogP contribution is 2.41. The molecule has 0 aliphatic heterocycles. The molecule has 4 rings (SSSR count). The van der Waals surface area contributed by atoms with Crippen molar-refractivity contribution in [2.75, 3.05) is 6.61 Å². The molecular weight excluding hydrogens is 394 g/mol. The standard InChI is InChI=1S/C24H25N3O2S/c1-4-28-27-21-10-9-18-19(21)6-5-7-20(18)23-14-26-24(30-23)16-8-11-22(29-15(2)3)17(12-16)13-25/h5-8,11-12,14-15,21,27H,4,9-10H2,1-3H3. The Bertz CT molecular complexity index is 1080. The number of nitriles is 1. The van der Waals surface area contributed by atoms with Gasteiger partial charge in [-0.15, -0.1) is 11.3 Å².